The van der Waals surface area contributed by atoms with Crippen LogP contribution in [-0.4, -0.2) is 30.1 Å². The fourth-order valence-electron chi connectivity index (χ4n) is 4.16. The summed E-state index contributed by atoms with van der Waals surface area (Å²) in [4.78, 5) is 15.1. The van der Waals surface area contributed by atoms with Gasteiger partial charge in [0.15, 0.2) is 0 Å². The second kappa shape index (κ2) is 5.64. The van der Waals surface area contributed by atoms with Crippen LogP contribution in [0.5, 0.6) is 5.75 Å². The van der Waals surface area contributed by atoms with Gasteiger partial charge in [-0.05, 0) is 42.2 Å². The molecule has 0 bridgehead atoms. The maximum Gasteiger partial charge on any atom is 0.259 e. The van der Waals surface area contributed by atoms with Gasteiger partial charge in [0.1, 0.15) is 5.75 Å². The molecular formula is C20H22N2O2. The number of nitrogens with zero attached hydrogens (tertiary/aromatic N) is 1. The Balaban J connectivity index is 1.91. The molecule has 2 aliphatic rings. The standard InChI is InChI=1S/C20H22N2O2/c1-3-13-8-12(2)19-14(9-13)15-10-21-11-17(15)22(20(19)24)16-6-4-5-7-18(16)23/h4-9,15,17,21,23H,3,10-11H2,1-2H3/t15-,17+/m1/s1. The van der Waals surface area contributed by atoms with Gasteiger partial charge in [-0.15, -0.1) is 0 Å². The minimum atomic E-state index is -0.00315. The van der Waals surface area contributed by atoms with Crippen LogP contribution in [0.4, 0.5) is 5.69 Å². The van der Waals surface area contributed by atoms with Crippen LogP contribution in [0.2, 0.25) is 0 Å². The topological polar surface area (TPSA) is 52.6 Å². The van der Waals surface area contributed by atoms with Gasteiger partial charge in [0.2, 0.25) is 0 Å². The number of benzene rings is 2. The summed E-state index contributed by atoms with van der Waals surface area (Å²) in [5.74, 6) is 0.418. The van der Waals surface area contributed by atoms with Gasteiger partial charge in [-0.25, -0.2) is 0 Å². The summed E-state index contributed by atoms with van der Waals surface area (Å²) in [6, 6.07) is 11.5. The van der Waals surface area contributed by atoms with E-state index in [4.69, 9.17) is 0 Å². The van der Waals surface area contributed by atoms with Crippen molar-refractivity contribution in [3.8, 4) is 5.75 Å². The second-order valence-corrected chi connectivity index (χ2v) is 6.73. The first-order valence-corrected chi connectivity index (χ1v) is 8.57. The van der Waals surface area contributed by atoms with E-state index in [-0.39, 0.29) is 23.6 Å². The summed E-state index contributed by atoms with van der Waals surface area (Å²) in [7, 11) is 0. The number of anilines is 1. The second-order valence-electron chi connectivity index (χ2n) is 6.73. The summed E-state index contributed by atoms with van der Waals surface area (Å²) < 4.78 is 0. The zero-order valence-electron chi connectivity index (χ0n) is 14.0. The third kappa shape index (κ3) is 2.13. The molecule has 1 amide bonds. The van der Waals surface area contributed by atoms with Crippen molar-refractivity contribution in [3.05, 3.63) is 58.7 Å². The van der Waals surface area contributed by atoms with Gasteiger partial charge in [-0.1, -0.05) is 31.2 Å². The van der Waals surface area contributed by atoms with E-state index in [1.54, 1.807) is 17.0 Å². The van der Waals surface area contributed by atoms with Gasteiger partial charge >= 0.3 is 0 Å². The average molecular weight is 322 g/mol. The Morgan fingerprint density at radius 2 is 2.04 bits per heavy atom. The molecule has 2 aromatic rings. The molecule has 0 radical (unpaired) electrons. The highest BCUT2D eigenvalue weighted by atomic mass is 16.3. The number of phenolic OH excluding ortho intramolecular Hbond substituents is 1. The molecule has 24 heavy (non-hydrogen) atoms. The number of rotatable bonds is 2. The Bertz CT molecular complexity index is 815. The Labute approximate surface area is 142 Å². The van der Waals surface area contributed by atoms with Crippen molar-refractivity contribution in [2.24, 2.45) is 0 Å². The fourth-order valence-corrected chi connectivity index (χ4v) is 4.16. The molecule has 2 aromatic carbocycles. The molecule has 0 aliphatic carbocycles. The van der Waals surface area contributed by atoms with E-state index in [1.807, 2.05) is 19.1 Å². The van der Waals surface area contributed by atoms with Crippen LogP contribution >= 0.6 is 0 Å². The molecule has 2 atom stereocenters. The van der Waals surface area contributed by atoms with Gasteiger partial charge in [0.25, 0.3) is 5.91 Å². The molecule has 0 aromatic heterocycles. The number of nitrogens with one attached hydrogen (secondary N) is 1. The molecule has 4 nitrogen and oxygen atoms in total. The van der Waals surface area contributed by atoms with Crippen LogP contribution in [0.15, 0.2) is 36.4 Å². The van der Waals surface area contributed by atoms with Crippen molar-refractivity contribution in [1.82, 2.24) is 5.32 Å². The molecule has 4 heteroatoms. The van der Waals surface area contributed by atoms with Gasteiger partial charge in [0.05, 0.1) is 11.7 Å². The molecule has 1 saturated heterocycles. The quantitative estimate of drug-likeness (QED) is 0.894. The number of hydrogen-bond donors (Lipinski definition) is 2. The summed E-state index contributed by atoms with van der Waals surface area (Å²) >= 11 is 0. The first kappa shape index (κ1) is 15.2. The van der Waals surface area contributed by atoms with E-state index < -0.39 is 0 Å². The van der Waals surface area contributed by atoms with Crippen molar-refractivity contribution >= 4 is 11.6 Å². The molecule has 0 spiro atoms. The Morgan fingerprint density at radius 1 is 1.25 bits per heavy atom. The molecule has 2 aliphatic heterocycles. The van der Waals surface area contributed by atoms with Crippen molar-refractivity contribution in [3.63, 3.8) is 0 Å². The van der Waals surface area contributed by atoms with Gasteiger partial charge in [-0.3, -0.25) is 9.69 Å². The molecule has 2 heterocycles. The lowest BCUT2D eigenvalue weighted by Gasteiger charge is -2.39. The zero-order chi connectivity index (χ0) is 16.8. The van der Waals surface area contributed by atoms with E-state index >= 15 is 0 Å². The minimum absolute atomic E-state index is 0.00315. The molecule has 1 fully saturated rings. The zero-order valence-corrected chi connectivity index (χ0v) is 14.0. The first-order valence-electron chi connectivity index (χ1n) is 8.57. The van der Waals surface area contributed by atoms with Gasteiger partial charge in [-0.2, -0.15) is 0 Å². The van der Waals surface area contributed by atoms with Crippen molar-refractivity contribution < 1.29 is 9.90 Å². The van der Waals surface area contributed by atoms with E-state index in [1.165, 1.54) is 11.1 Å². The monoisotopic (exact) mass is 322 g/mol. The number of carbonyl (C=O) groups is 1. The highest BCUT2D eigenvalue weighted by Gasteiger charge is 2.44. The van der Waals surface area contributed by atoms with Crippen LogP contribution in [0.1, 0.15) is 39.9 Å². The summed E-state index contributed by atoms with van der Waals surface area (Å²) in [6.45, 7) is 5.77. The Kier molecular flexibility index (Phi) is 3.57. The lowest BCUT2D eigenvalue weighted by atomic mass is 9.81. The Morgan fingerprint density at radius 3 is 2.79 bits per heavy atom. The van der Waals surface area contributed by atoms with E-state index in [2.05, 4.69) is 24.4 Å². The average Bonchev–Trinajstić information content (AvgIpc) is 3.05. The lowest BCUT2D eigenvalue weighted by Crippen LogP contribution is -2.48. The van der Waals surface area contributed by atoms with E-state index in [0.29, 0.717) is 5.69 Å². The maximum atomic E-state index is 13.3. The highest BCUT2D eigenvalue weighted by molar-refractivity contribution is 6.10. The highest BCUT2D eigenvalue weighted by Crippen LogP contribution is 2.42. The number of hydrogen-bond acceptors (Lipinski definition) is 3. The normalized spacial score (nSPS) is 22.4. The fraction of sp³-hybridized carbons (Fsp3) is 0.350. The Hall–Kier alpha value is -2.33. The van der Waals surface area contributed by atoms with Crippen molar-refractivity contribution in [2.75, 3.05) is 18.0 Å². The first-order chi connectivity index (χ1) is 11.6. The summed E-state index contributed by atoms with van der Waals surface area (Å²) in [6.07, 6.45) is 0.969. The largest absolute Gasteiger partial charge is 0.506 e. The molecule has 0 unspecified atom stereocenters. The lowest BCUT2D eigenvalue weighted by molar-refractivity contribution is 0.0964. The smallest absolute Gasteiger partial charge is 0.259 e. The number of aromatic hydroxyl groups is 1. The van der Waals surface area contributed by atoms with Crippen LogP contribution in [0, 0.1) is 6.92 Å². The third-order valence-corrected chi connectivity index (χ3v) is 5.32. The third-order valence-electron chi connectivity index (χ3n) is 5.32. The number of fused-ring (bicyclic) bond motifs is 3. The summed E-state index contributed by atoms with van der Waals surface area (Å²) in [5, 5.41) is 13.7. The van der Waals surface area contributed by atoms with Gasteiger partial charge < -0.3 is 10.4 Å². The van der Waals surface area contributed by atoms with Crippen molar-refractivity contribution in [2.45, 2.75) is 32.2 Å². The van der Waals surface area contributed by atoms with Crippen LogP contribution in [-0.2, 0) is 6.42 Å². The summed E-state index contributed by atoms with van der Waals surface area (Å²) in [5.41, 5.74) is 4.88. The molecular weight excluding hydrogens is 300 g/mol. The number of amides is 1. The SMILES string of the molecule is CCc1cc(C)c2c(c1)[C@H]1CNC[C@@H]1N(c1ccccc1O)C2=O. The maximum absolute atomic E-state index is 13.3. The number of carbonyl (C=O) groups excluding carboxylic acids is 1. The number of aryl methyl sites for hydroxylation is 2. The van der Waals surface area contributed by atoms with Crippen LogP contribution in [0.3, 0.4) is 0 Å². The van der Waals surface area contributed by atoms with Crippen LogP contribution < -0.4 is 10.2 Å². The van der Waals surface area contributed by atoms with E-state index in [0.717, 1.165) is 30.6 Å². The molecule has 4 rings (SSSR count). The molecule has 124 valence electrons. The predicted molar refractivity (Wildman–Crippen MR) is 94.9 cm³/mol. The van der Waals surface area contributed by atoms with Crippen LogP contribution in [0.25, 0.3) is 0 Å². The van der Waals surface area contributed by atoms with Gasteiger partial charge in [0, 0.05) is 24.6 Å². The van der Waals surface area contributed by atoms with Crippen molar-refractivity contribution in [1.29, 1.82) is 0 Å². The molecule has 0 saturated carbocycles. The molecule has 2 N–H and O–H groups in total. The number of para-hydroxylation sites is 2. The number of phenols is 1. The predicted octanol–water partition coefficient (Wildman–Crippen LogP) is 2.98. The van der Waals surface area contributed by atoms with E-state index in [9.17, 15) is 9.90 Å². The minimum Gasteiger partial charge on any atom is -0.506 e.